The minimum Gasteiger partial charge on any atom is -0.352 e. The topological polar surface area (TPSA) is 55.1 Å². The maximum atomic E-state index is 9.99. The van der Waals surface area contributed by atoms with Crippen LogP contribution < -0.4 is 11.1 Å². The molecule has 0 rings (SSSR count). The summed E-state index contributed by atoms with van der Waals surface area (Å²) in [4.78, 5) is 9.99. The number of carbonyl (C=O) groups excluding carboxylic acids is 1. The predicted octanol–water partition coefficient (Wildman–Crippen LogP) is 1.30. The van der Waals surface area contributed by atoms with E-state index in [1.54, 1.807) is 0 Å². The molecular weight excluding hydrogens is 175 g/mol. The van der Waals surface area contributed by atoms with Crippen LogP contribution in [0, 0.1) is 0 Å². The van der Waals surface area contributed by atoms with Gasteiger partial charge in [0.15, 0.2) is 0 Å². The van der Waals surface area contributed by atoms with Gasteiger partial charge < -0.3 is 11.1 Å². The maximum absolute atomic E-state index is 9.99. The summed E-state index contributed by atoms with van der Waals surface area (Å²) < 4.78 is 0. The van der Waals surface area contributed by atoms with E-state index < -0.39 is 6.03 Å². The normalized spacial score (nSPS) is 6.90. The SMILES string of the molecule is CCCCNC(N)=O.Cl.Cl. The van der Waals surface area contributed by atoms with Gasteiger partial charge in [-0.2, -0.15) is 0 Å². The fourth-order valence-corrected chi connectivity index (χ4v) is 0.388. The molecular formula is C5H14Cl2N2O. The van der Waals surface area contributed by atoms with E-state index in [2.05, 4.69) is 12.2 Å². The van der Waals surface area contributed by atoms with Gasteiger partial charge in [-0.1, -0.05) is 13.3 Å². The Balaban J connectivity index is -0.000000245. The molecule has 64 valence electrons. The van der Waals surface area contributed by atoms with Crippen LogP contribution in [0.4, 0.5) is 4.79 Å². The molecule has 0 spiro atoms. The van der Waals surface area contributed by atoms with Crippen molar-refractivity contribution in [3.8, 4) is 0 Å². The summed E-state index contributed by atoms with van der Waals surface area (Å²) in [5.74, 6) is 0. The summed E-state index contributed by atoms with van der Waals surface area (Å²) >= 11 is 0. The highest BCUT2D eigenvalue weighted by atomic mass is 35.5. The molecule has 0 aliphatic carbocycles. The van der Waals surface area contributed by atoms with Crippen LogP contribution in [-0.4, -0.2) is 12.6 Å². The van der Waals surface area contributed by atoms with Crippen molar-refractivity contribution < 1.29 is 4.79 Å². The number of amides is 2. The molecule has 0 fully saturated rings. The summed E-state index contributed by atoms with van der Waals surface area (Å²) in [5, 5.41) is 2.49. The highest BCUT2D eigenvalue weighted by molar-refractivity contribution is 5.85. The molecule has 0 aliphatic heterocycles. The zero-order valence-corrected chi connectivity index (χ0v) is 7.56. The molecule has 3 nitrogen and oxygen atoms in total. The van der Waals surface area contributed by atoms with E-state index in [4.69, 9.17) is 5.73 Å². The van der Waals surface area contributed by atoms with Crippen LogP contribution in [-0.2, 0) is 0 Å². The molecule has 3 N–H and O–H groups in total. The summed E-state index contributed by atoms with van der Waals surface area (Å²) in [6.45, 7) is 2.76. The van der Waals surface area contributed by atoms with Crippen molar-refractivity contribution >= 4 is 30.8 Å². The van der Waals surface area contributed by atoms with Crippen LogP contribution in [0.3, 0.4) is 0 Å². The molecule has 0 heterocycles. The number of rotatable bonds is 3. The van der Waals surface area contributed by atoms with Crippen LogP contribution in [0.15, 0.2) is 0 Å². The fourth-order valence-electron chi connectivity index (χ4n) is 0.388. The first-order chi connectivity index (χ1) is 3.77. The van der Waals surface area contributed by atoms with Crippen LogP contribution in [0.1, 0.15) is 19.8 Å². The molecule has 2 amide bonds. The van der Waals surface area contributed by atoms with Gasteiger partial charge in [-0.15, -0.1) is 24.8 Å². The highest BCUT2D eigenvalue weighted by Gasteiger charge is 1.86. The van der Waals surface area contributed by atoms with E-state index in [0.29, 0.717) is 6.54 Å². The van der Waals surface area contributed by atoms with Gasteiger partial charge in [0.1, 0.15) is 0 Å². The lowest BCUT2D eigenvalue weighted by Gasteiger charge is -1.96. The third-order valence-corrected chi connectivity index (χ3v) is 0.830. The summed E-state index contributed by atoms with van der Waals surface area (Å²) in [6.07, 6.45) is 2.09. The molecule has 0 atom stereocenters. The zero-order valence-electron chi connectivity index (χ0n) is 5.92. The van der Waals surface area contributed by atoms with Crippen LogP contribution in [0.25, 0.3) is 0 Å². The lowest BCUT2D eigenvalue weighted by Crippen LogP contribution is -2.29. The fraction of sp³-hybridized carbons (Fsp3) is 0.800. The molecule has 10 heavy (non-hydrogen) atoms. The van der Waals surface area contributed by atoms with Crippen molar-refractivity contribution in [2.24, 2.45) is 5.73 Å². The van der Waals surface area contributed by atoms with Gasteiger partial charge in [0.05, 0.1) is 0 Å². The van der Waals surface area contributed by atoms with Crippen molar-refractivity contribution in [2.75, 3.05) is 6.54 Å². The Kier molecular flexibility index (Phi) is 19.1. The Bertz CT molecular complexity index is 80.0. The number of primary amides is 1. The maximum Gasteiger partial charge on any atom is 0.312 e. The first-order valence-corrected chi connectivity index (χ1v) is 2.80. The van der Waals surface area contributed by atoms with Crippen LogP contribution in [0.5, 0.6) is 0 Å². The number of nitrogens with two attached hydrogens (primary N) is 1. The second kappa shape index (κ2) is 11.6. The molecule has 0 unspecified atom stereocenters. The van der Waals surface area contributed by atoms with Gasteiger partial charge in [-0.05, 0) is 6.42 Å². The summed E-state index contributed by atoms with van der Waals surface area (Å²) in [6, 6.07) is -0.432. The summed E-state index contributed by atoms with van der Waals surface area (Å²) in [7, 11) is 0. The van der Waals surface area contributed by atoms with E-state index in [0.717, 1.165) is 12.8 Å². The van der Waals surface area contributed by atoms with Gasteiger partial charge in [0, 0.05) is 6.54 Å². The summed E-state index contributed by atoms with van der Waals surface area (Å²) in [5.41, 5.74) is 4.78. The molecule has 0 radical (unpaired) electrons. The van der Waals surface area contributed by atoms with E-state index in [-0.39, 0.29) is 24.8 Å². The number of hydrogen-bond acceptors (Lipinski definition) is 1. The standard InChI is InChI=1S/C5H12N2O.2ClH/c1-2-3-4-7-5(6)8;;/h2-4H2,1H3,(H3,6,7,8);2*1H. The van der Waals surface area contributed by atoms with Crippen molar-refractivity contribution in [1.29, 1.82) is 0 Å². The Labute approximate surface area is 73.6 Å². The van der Waals surface area contributed by atoms with E-state index in [1.165, 1.54) is 0 Å². The molecule has 0 bridgehead atoms. The van der Waals surface area contributed by atoms with Gasteiger partial charge in [-0.3, -0.25) is 0 Å². The average Bonchev–Trinajstić information content (AvgIpc) is 1.66. The molecule has 0 saturated heterocycles. The van der Waals surface area contributed by atoms with Gasteiger partial charge >= 0.3 is 6.03 Å². The third kappa shape index (κ3) is 15.7. The number of carbonyl (C=O) groups is 1. The third-order valence-electron chi connectivity index (χ3n) is 0.830. The van der Waals surface area contributed by atoms with Gasteiger partial charge in [0.2, 0.25) is 0 Å². The predicted molar refractivity (Wildman–Crippen MR) is 47.0 cm³/mol. The van der Waals surface area contributed by atoms with Gasteiger partial charge in [-0.25, -0.2) is 4.79 Å². The lowest BCUT2D eigenvalue weighted by atomic mass is 10.3. The molecule has 0 aromatic heterocycles. The average molecular weight is 189 g/mol. The van der Waals surface area contributed by atoms with Crippen molar-refractivity contribution in [1.82, 2.24) is 5.32 Å². The van der Waals surface area contributed by atoms with Crippen LogP contribution >= 0.6 is 24.8 Å². The van der Waals surface area contributed by atoms with Crippen molar-refractivity contribution in [3.05, 3.63) is 0 Å². The number of nitrogens with one attached hydrogen (secondary N) is 1. The smallest absolute Gasteiger partial charge is 0.312 e. The lowest BCUT2D eigenvalue weighted by molar-refractivity contribution is 0.249. The van der Waals surface area contributed by atoms with Crippen LogP contribution in [0.2, 0.25) is 0 Å². The molecule has 5 heteroatoms. The Morgan fingerprint density at radius 1 is 1.50 bits per heavy atom. The largest absolute Gasteiger partial charge is 0.352 e. The minimum atomic E-state index is -0.432. The molecule has 0 aromatic carbocycles. The first-order valence-electron chi connectivity index (χ1n) is 2.80. The van der Waals surface area contributed by atoms with E-state index in [1.807, 2.05) is 0 Å². The Morgan fingerprint density at radius 2 is 2.00 bits per heavy atom. The molecule has 0 aliphatic rings. The molecule has 0 saturated carbocycles. The number of hydrogen-bond donors (Lipinski definition) is 2. The molecule has 0 aromatic rings. The Morgan fingerprint density at radius 3 is 2.30 bits per heavy atom. The zero-order chi connectivity index (χ0) is 6.41. The number of halogens is 2. The van der Waals surface area contributed by atoms with Crippen molar-refractivity contribution in [2.45, 2.75) is 19.8 Å². The second-order valence-corrected chi connectivity index (χ2v) is 1.64. The van der Waals surface area contributed by atoms with Crippen molar-refractivity contribution in [3.63, 3.8) is 0 Å². The monoisotopic (exact) mass is 188 g/mol. The number of unbranched alkanes of at least 4 members (excludes halogenated alkanes) is 1. The highest BCUT2D eigenvalue weighted by Crippen LogP contribution is 1.80. The second-order valence-electron chi connectivity index (χ2n) is 1.64. The quantitative estimate of drug-likeness (QED) is 0.646. The first kappa shape index (κ1) is 16.4. The van der Waals surface area contributed by atoms with E-state index >= 15 is 0 Å². The van der Waals surface area contributed by atoms with E-state index in [9.17, 15) is 4.79 Å². The minimum absolute atomic E-state index is 0. The van der Waals surface area contributed by atoms with Gasteiger partial charge in [0.25, 0.3) is 0 Å². The number of urea groups is 1. The Hall–Kier alpha value is -0.150.